The minimum atomic E-state index is -0.800. The zero-order valence-electron chi connectivity index (χ0n) is 11.5. The number of carboxylic acids is 1. The second-order valence-corrected chi connectivity index (χ2v) is 4.42. The van der Waals surface area contributed by atoms with Crippen LogP contribution in [0.3, 0.4) is 0 Å². The number of hydrogen-bond acceptors (Lipinski definition) is 2. The molecule has 0 atom stereocenters. The van der Waals surface area contributed by atoms with Gasteiger partial charge in [0, 0.05) is 5.57 Å². The Hall–Kier alpha value is -0.830. The van der Waals surface area contributed by atoms with Crippen molar-refractivity contribution in [1.29, 1.82) is 0 Å². The van der Waals surface area contributed by atoms with Crippen molar-refractivity contribution in [2.45, 2.75) is 52.9 Å². The molecule has 0 heterocycles. The van der Waals surface area contributed by atoms with Crippen LogP contribution in [0.2, 0.25) is 0 Å². The lowest BCUT2D eigenvalue weighted by molar-refractivity contribution is -0.132. The van der Waals surface area contributed by atoms with E-state index in [0.717, 1.165) is 25.9 Å². The molecule has 0 fully saturated rings. The maximum Gasteiger partial charge on any atom is 0.330 e. The summed E-state index contributed by atoms with van der Waals surface area (Å²) in [5.41, 5.74) is 0.466. The van der Waals surface area contributed by atoms with E-state index < -0.39 is 5.97 Å². The van der Waals surface area contributed by atoms with Gasteiger partial charge >= 0.3 is 5.97 Å². The summed E-state index contributed by atoms with van der Waals surface area (Å²) in [7, 11) is 0. The molecule has 0 bridgehead atoms. The number of carboxylic acid groups (broad SMARTS) is 1. The molecule has 0 spiro atoms. The molecule has 0 aromatic heterocycles. The van der Waals surface area contributed by atoms with E-state index in [1.165, 1.54) is 25.8 Å². The van der Waals surface area contributed by atoms with Crippen LogP contribution in [0, 0.1) is 0 Å². The predicted octanol–water partition coefficient (Wildman–Crippen LogP) is 3.31. The van der Waals surface area contributed by atoms with Gasteiger partial charge in [0.25, 0.3) is 0 Å². The quantitative estimate of drug-likeness (QED) is 0.471. The number of carbonyl (C=O) groups is 1. The molecule has 0 aliphatic carbocycles. The van der Waals surface area contributed by atoms with Crippen molar-refractivity contribution in [3.8, 4) is 0 Å². The third kappa shape index (κ3) is 8.93. The fourth-order valence-electron chi connectivity index (χ4n) is 1.78. The Kier molecular flexibility index (Phi) is 9.83. The highest BCUT2D eigenvalue weighted by atomic mass is 16.4. The molecule has 0 aromatic rings. The Balaban J connectivity index is 3.41. The maximum absolute atomic E-state index is 10.5. The molecule has 100 valence electrons. The van der Waals surface area contributed by atoms with E-state index in [2.05, 4.69) is 18.7 Å². The van der Waals surface area contributed by atoms with Crippen LogP contribution < -0.4 is 0 Å². The highest BCUT2D eigenvalue weighted by Gasteiger charge is 1.99. The summed E-state index contributed by atoms with van der Waals surface area (Å²) in [6.07, 6.45) is 7.52. The number of unbranched alkanes of at least 4 members (excludes halogenated alkanes) is 4. The fraction of sp³-hybridized carbons (Fsp3) is 0.786. The predicted molar refractivity (Wildman–Crippen MR) is 72.3 cm³/mol. The van der Waals surface area contributed by atoms with Gasteiger partial charge in [-0.15, -0.1) is 0 Å². The normalized spacial score (nSPS) is 12.1. The SMILES string of the molecule is CCN(CC)CCCCCCC=C(C)C(=O)O. The highest BCUT2D eigenvalue weighted by Crippen LogP contribution is 2.06. The van der Waals surface area contributed by atoms with Crippen LogP contribution in [0.4, 0.5) is 0 Å². The van der Waals surface area contributed by atoms with Gasteiger partial charge in [-0.25, -0.2) is 4.79 Å². The molecule has 3 nitrogen and oxygen atoms in total. The van der Waals surface area contributed by atoms with E-state index in [4.69, 9.17) is 5.11 Å². The van der Waals surface area contributed by atoms with E-state index in [9.17, 15) is 4.79 Å². The van der Waals surface area contributed by atoms with Crippen molar-refractivity contribution < 1.29 is 9.90 Å². The van der Waals surface area contributed by atoms with Crippen molar-refractivity contribution in [3.05, 3.63) is 11.6 Å². The molecule has 0 amide bonds. The Morgan fingerprint density at radius 1 is 1.12 bits per heavy atom. The summed E-state index contributed by atoms with van der Waals surface area (Å²) < 4.78 is 0. The second-order valence-electron chi connectivity index (χ2n) is 4.42. The van der Waals surface area contributed by atoms with Gasteiger partial charge in [0.2, 0.25) is 0 Å². The van der Waals surface area contributed by atoms with Crippen LogP contribution in [0.15, 0.2) is 11.6 Å². The average Bonchev–Trinajstić information content (AvgIpc) is 2.32. The molecule has 0 aromatic carbocycles. The average molecular weight is 241 g/mol. The van der Waals surface area contributed by atoms with Gasteiger partial charge in [0.15, 0.2) is 0 Å². The zero-order valence-corrected chi connectivity index (χ0v) is 11.5. The van der Waals surface area contributed by atoms with Crippen LogP contribution in [-0.4, -0.2) is 35.6 Å². The van der Waals surface area contributed by atoms with Crippen LogP contribution in [-0.2, 0) is 4.79 Å². The maximum atomic E-state index is 10.5. The Morgan fingerprint density at radius 3 is 2.24 bits per heavy atom. The first-order valence-electron chi connectivity index (χ1n) is 6.74. The summed E-state index contributed by atoms with van der Waals surface area (Å²) in [6.45, 7) is 9.51. The van der Waals surface area contributed by atoms with Crippen LogP contribution in [0.1, 0.15) is 52.9 Å². The minimum absolute atomic E-state index is 0.466. The summed E-state index contributed by atoms with van der Waals surface area (Å²) in [6, 6.07) is 0. The first kappa shape index (κ1) is 16.2. The molecule has 0 unspecified atom stereocenters. The van der Waals surface area contributed by atoms with E-state index in [1.807, 2.05) is 6.08 Å². The standard InChI is InChI=1S/C14H27NO2/c1-4-15(5-2)12-10-8-6-7-9-11-13(3)14(16)17/h11H,4-10,12H2,1-3H3,(H,16,17). The van der Waals surface area contributed by atoms with Gasteiger partial charge in [-0.05, 0) is 45.8 Å². The molecule has 0 aliphatic rings. The van der Waals surface area contributed by atoms with Crippen molar-refractivity contribution in [2.75, 3.05) is 19.6 Å². The van der Waals surface area contributed by atoms with E-state index in [0.29, 0.717) is 5.57 Å². The number of allylic oxidation sites excluding steroid dienone is 1. The van der Waals surface area contributed by atoms with Crippen molar-refractivity contribution in [1.82, 2.24) is 4.90 Å². The number of nitrogens with zero attached hydrogens (tertiary/aromatic N) is 1. The summed E-state index contributed by atoms with van der Waals surface area (Å²) >= 11 is 0. The summed E-state index contributed by atoms with van der Waals surface area (Å²) in [5, 5.41) is 8.66. The topological polar surface area (TPSA) is 40.5 Å². The van der Waals surface area contributed by atoms with Crippen molar-refractivity contribution in [3.63, 3.8) is 0 Å². The monoisotopic (exact) mass is 241 g/mol. The van der Waals surface area contributed by atoms with Gasteiger partial charge in [0.05, 0.1) is 0 Å². The highest BCUT2D eigenvalue weighted by molar-refractivity contribution is 5.85. The molecule has 0 saturated heterocycles. The minimum Gasteiger partial charge on any atom is -0.478 e. The first-order chi connectivity index (χ1) is 8.11. The van der Waals surface area contributed by atoms with Gasteiger partial charge in [0.1, 0.15) is 0 Å². The van der Waals surface area contributed by atoms with Crippen molar-refractivity contribution in [2.24, 2.45) is 0 Å². The van der Waals surface area contributed by atoms with E-state index in [1.54, 1.807) is 6.92 Å². The summed E-state index contributed by atoms with van der Waals surface area (Å²) in [4.78, 5) is 13.0. The van der Waals surface area contributed by atoms with Gasteiger partial charge in [-0.3, -0.25) is 0 Å². The lowest BCUT2D eigenvalue weighted by atomic mass is 10.1. The fourth-order valence-corrected chi connectivity index (χ4v) is 1.78. The Bertz CT molecular complexity index is 232. The molecule has 1 N–H and O–H groups in total. The lowest BCUT2D eigenvalue weighted by Crippen LogP contribution is -2.23. The Morgan fingerprint density at radius 2 is 1.71 bits per heavy atom. The van der Waals surface area contributed by atoms with Gasteiger partial charge in [-0.1, -0.05) is 32.8 Å². The third-order valence-corrected chi connectivity index (χ3v) is 3.11. The molecule has 0 rings (SSSR count). The summed E-state index contributed by atoms with van der Waals surface area (Å²) in [5.74, 6) is -0.800. The van der Waals surface area contributed by atoms with Crippen LogP contribution >= 0.6 is 0 Å². The van der Waals surface area contributed by atoms with Gasteiger partial charge in [-0.2, -0.15) is 0 Å². The van der Waals surface area contributed by atoms with Gasteiger partial charge < -0.3 is 10.0 Å². The molecular weight excluding hydrogens is 214 g/mol. The number of hydrogen-bond donors (Lipinski definition) is 1. The number of aliphatic carboxylic acids is 1. The number of rotatable bonds is 10. The molecule has 0 saturated carbocycles. The molecule has 3 heteroatoms. The van der Waals surface area contributed by atoms with Crippen LogP contribution in [0.5, 0.6) is 0 Å². The molecular formula is C14H27NO2. The molecule has 17 heavy (non-hydrogen) atoms. The van der Waals surface area contributed by atoms with Crippen molar-refractivity contribution >= 4 is 5.97 Å². The first-order valence-corrected chi connectivity index (χ1v) is 6.74. The molecule has 0 aliphatic heterocycles. The largest absolute Gasteiger partial charge is 0.478 e. The smallest absolute Gasteiger partial charge is 0.330 e. The van der Waals surface area contributed by atoms with E-state index in [-0.39, 0.29) is 0 Å². The lowest BCUT2D eigenvalue weighted by Gasteiger charge is -2.17. The third-order valence-electron chi connectivity index (χ3n) is 3.11. The Labute approximate surface area is 106 Å². The molecule has 0 radical (unpaired) electrons. The zero-order chi connectivity index (χ0) is 13.1. The van der Waals surface area contributed by atoms with Crippen LogP contribution in [0.25, 0.3) is 0 Å². The second kappa shape index (κ2) is 10.3. The van der Waals surface area contributed by atoms with E-state index >= 15 is 0 Å².